The third kappa shape index (κ3) is 5.95. The molecule has 2 N–H and O–H groups in total. The van der Waals surface area contributed by atoms with Crippen molar-refractivity contribution in [3.8, 4) is 0 Å². The number of carbonyl (C=O) groups is 1. The van der Waals surface area contributed by atoms with Gasteiger partial charge in [-0.05, 0) is 30.3 Å². The summed E-state index contributed by atoms with van der Waals surface area (Å²) in [5.74, 6) is -0.748. The number of carbonyl (C=O) groups excluding carboxylic acids is 1. The fourth-order valence-electron chi connectivity index (χ4n) is 2.12. The van der Waals surface area contributed by atoms with Crippen molar-refractivity contribution in [3.63, 3.8) is 0 Å². The van der Waals surface area contributed by atoms with Gasteiger partial charge in [0.05, 0.1) is 21.4 Å². The Labute approximate surface area is 163 Å². The molecule has 1 amide bonds. The molecule has 2 aromatic carbocycles. The van der Waals surface area contributed by atoms with E-state index in [1.807, 2.05) is 0 Å². The lowest BCUT2D eigenvalue weighted by Crippen LogP contribution is -2.29. The second kappa shape index (κ2) is 8.73. The maximum Gasteiger partial charge on any atom is 0.261 e. The number of hydrogen-bond donors (Lipinski definition) is 2. The minimum Gasteiger partial charge on any atom is -0.351 e. The second-order valence-electron chi connectivity index (χ2n) is 5.61. The Balaban J connectivity index is 2.14. The average molecular weight is 431 g/mol. The van der Waals surface area contributed by atoms with Gasteiger partial charge in [0.15, 0.2) is 9.84 Å². The van der Waals surface area contributed by atoms with Crippen molar-refractivity contribution in [1.82, 2.24) is 5.32 Å². The van der Waals surface area contributed by atoms with E-state index in [0.29, 0.717) is 0 Å². The van der Waals surface area contributed by atoms with Crippen LogP contribution in [-0.4, -0.2) is 40.8 Å². The van der Waals surface area contributed by atoms with E-state index in [2.05, 4.69) is 10.0 Å². The Morgan fingerprint density at radius 2 is 1.74 bits per heavy atom. The van der Waals surface area contributed by atoms with Crippen LogP contribution in [0.4, 0.5) is 5.69 Å². The molecule has 0 radical (unpaired) electrons. The number of sulfone groups is 1. The highest BCUT2D eigenvalue weighted by Crippen LogP contribution is 2.24. The Kier molecular flexibility index (Phi) is 6.85. The highest BCUT2D eigenvalue weighted by atomic mass is 35.5. The average Bonchev–Trinajstić information content (AvgIpc) is 2.63. The number of sulfonamides is 1. The van der Waals surface area contributed by atoms with Gasteiger partial charge in [-0.2, -0.15) is 0 Å². The van der Waals surface area contributed by atoms with Gasteiger partial charge in [-0.1, -0.05) is 36.7 Å². The van der Waals surface area contributed by atoms with Crippen LogP contribution in [0.25, 0.3) is 0 Å². The number of halogens is 1. The lowest BCUT2D eigenvalue weighted by molar-refractivity contribution is 0.0956. The number of anilines is 1. The van der Waals surface area contributed by atoms with E-state index in [1.165, 1.54) is 37.3 Å². The van der Waals surface area contributed by atoms with Crippen LogP contribution >= 0.6 is 11.6 Å². The van der Waals surface area contributed by atoms with E-state index in [0.717, 1.165) is 0 Å². The van der Waals surface area contributed by atoms with Gasteiger partial charge in [-0.3, -0.25) is 9.52 Å². The standard InChI is InChI=1S/C17H19ClN2O5S2/c1-2-26(22,23)11-10-19-17(21)13-6-5-7-14(12-13)27(24,25)20-16-9-4-3-8-15(16)18/h3-9,12,20H,2,10-11H2,1H3,(H,19,21). The van der Waals surface area contributed by atoms with Crippen LogP contribution in [0.3, 0.4) is 0 Å². The predicted molar refractivity (Wildman–Crippen MR) is 105 cm³/mol. The minimum absolute atomic E-state index is 0.00961. The molecule has 0 aliphatic carbocycles. The van der Waals surface area contributed by atoms with E-state index in [9.17, 15) is 21.6 Å². The fraction of sp³-hybridized carbons (Fsp3) is 0.235. The van der Waals surface area contributed by atoms with Gasteiger partial charge in [0.25, 0.3) is 15.9 Å². The fourth-order valence-corrected chi connectivity index (χ4v) is 4.18. The van der Waals surface area contributed by atoms with Gasteiger partial charge in [-0.25, -0.2) is 16.8 Å². The maximum absolute atomic E-state index is 12.5. The molecule has 27 heavy (non-hydrogen) atoms. The first-order chi connectivity index (χ1) is 12.6. The summed E-state index contributed by atoms with van der Waals surface area (Å²) in [4.78, 5) is 12.1. The number of benzene rings is 2. The van der Waals surface area contributed by atoms with E-state index >= 15 is 0 Å². The third-order valence-corrected chi connectivity index (χ3v) is 7.06. The second-order valence-corrected chi connectivity index (χ2v) is 10.2. The minimum atomic E-state index is -3.95. The zero-order valence-electron chi connectivity index (χ0n) is 14.5. The number of amides is 1. The van der Waals surface area contributed by atoms with Crippen molar-refractivity contribution in [2.45, 2.75) is 11.8 Å². The third-order valence-electron chi connectivity index (χ3n) is 3.66. The van der Waals surface area contributed by atoms with Crippen LogP contribution in [0.15, 0.2) is 53.4 Å². The molecule has 0 heterocycles. The van der Waals surface area contributed by atoms with E-state index in [4.69, 9.17) is 11.6 Å². The Morgan fingerprint density at radius 3 is 2.41 bits per heavy atom. The molecular weight excluding hydrogens is 412 g/mol. The molecule has 7 nitrogen and oxygen atoms in total. The van der Waals surface area contributed by atoms with Gasteiger partial charge >= 0.3 is 0 Å². The van der Waals surface area contributed by atoms with Crippen LogP contribution in [0.2, 0.25) is 5.02 Å². The zero-order valence-corrected chi connectivity index (χ0v) is 16.9. The summed E-state index contributed by atoms with van der Waals surface area (Å²) in [6.07, 6.45) is 0. The quantitative estimate of drug-likeness (QED) is 0.667. The molecule has 0 fully saturated rings. The summed E-state index contributed by atoms with van der Waals surface area (Å²) in [6, 6.07) is 11.8. The van der Waals surface area contributed by atoms with Gasteiger partial charge in [-0.15, -0.1) is 0 Å². The van der Waals surface area contributed by atoms with Crippen molar-refractivity contribution in [2.24, 2.45) is 0 Å². The lowest BCUT2D eigenvalue weighted by atomic mass is 10.2. The molecule has 0 aliphatic heterocycles. The summed E-state index contributed by atoms with van der Waals surface area (Å²) in [7, 11) is -7.15. The summed E-state index contributed by atoms with van der Waals surface area (Å²) in [5.41, 5.74) is 0.324. The molecule has 146 valence electrons. The molecule has 0 unspecified atom stereocenters. The van der Waals surface area contributed by atoms with Crippen LogP contribution in [0.1, 0.15) is 17.3 Å². The van der Waals surface area contributed by atoms with Crippen molar-refractivity contribution in [3.05, 3.63) is 59.1 Å². The van der Waals surface area contributed by atoms with Gasteiger partial charge in [0.2, 0.25) is 0 Å². The molecule has 2 aromatic rings. The first-order valence-electron chi connectivity index (χ1n) is 8.00. The van der Waals surface area contributed by atoms with Crippen molar-refractivity contribution in [2.75, 3.05) is 22.8 Å². The maximum atomic E-state index is 12.5. The highest BCUT2D eigenvalue weighted by molar-refractivity contribution is 7.92. The van der Waals surface area contributed by atoms with Crippen molar-refractivity contribution >= 4 is 43.1 Å². The van der Waals surface area contributed by atoms with Crippen LogP contribution in [0, 0.1) is 0 Å². The van der Waals surface area contributed by atoms with Crippen molar-refractivity contribution < 1.29 is 21.6 Å². The molecule has 0 aromatic heterocycles. The molecule has 0 saturated heterocycles. The summed E-state index contributed by atoms with van der Waals surface area (Å²) in [5, 5.41) is 2.72. The Morgan fingerprint density at radius 1 is 1.04 bits per heavy atom. The van der Waals surface area contributed by atoms with Gasteiger partial charge in [0.1, 0.15) is 0 Å². The summed E-state index contributed by atoms with van der Waals surface area (Å²) >= 11 is 5.97. The molecule has 0 spiro atoms. The van der Waals surface area contributed by atoms with Gasteiger partial charge in [0, 0.05) is 17.9 Å². The SMILES string of the molecule is CCS(=O)(=O)CCNC(=O)c1cccc(S(=O)(=O)Nc2ccccc2Cl)c1. The first-order valence-corrected chi connectivity index (χ1v) is 11.7. The lowest BCUT2D eigenvalue weighted by Gasteiger charge is -2.11. The molecule has 0 bridgehead atoms. The summed E-state index contributed by atoms with van der Waals surface area (Å²) in [6.45, 7) is 1.47. The molecule has 0 saturated carbocycles. The van der Waals surface area contributed by atoms with Crippen molar-refractivity contribution in [1.29, 1.82) is 0 Å². The first kappa shape index (κ1) is 21.2. The predicted octanol–water partition coefficient (Wildman–Crippen LogP) is 2.31. The molecule has 0 aliphatic rings. The molecule has 0 atom stereocenters. The smallest absolute Gasteiger partial charge is 0.261 e. The van der Waals surface area contributed by atoms with E-state index in [-0.39, 0.29) is 39.2 Å². The largest absolute Gasteiger partial charge is 0.351 e. The highest BCUT2D eigenvalue weighted by Gasteiger charge is 2.18. The molecule has 2 rings (SSSR count). The van der Waals surface area contributed by atoms with E-state index < -0.39 is 25.8 Å². The Hall–Kier alpha value is -2.10. The zero-order chi connectivity index (χ0) is 20.1. The topological polar surface area (TPSA) is 109 Å². The molecular formula is C17H19ClN2O5S2. The van der Waals surface area contributed by atoms with Gasteiger partial charge < -0.3 is 5.32 Å². The molecule has 10 heteroatoms. The Bertz CT molecular complexity index is 1040. The van der Waals surface area contributed by atoms with Crippen LogP contribution in [0.5, 0.6) is 0 Å². The van der Waals surface area contributed by atoms with Crippen LogP contribution < -0.4 is 10.0 Å². The van der Waals surface area contributed by atoms with Crippen LogP contribution in [-0.2, 0) is 19.9 Å². The number of para-hydroxylation sites is 1. The monoisotopic (exact) mass is 430 g/mol. The summed E-state index contributed by atoms with van der Waals surface area (Å²) < 4.78 is 50.3. The number of hydrogen-bond acceptors (Lipinski definition) is 5. The number of nitrogens with one attached hydrogen (secondary N) is 2. The normalized spacial score (nSPS) is 11.8. The van der Waals surface area contributed by atoms with E-state index in [1.54, 1.807) is 18.2 Å². The number of rotatable bonds is 8.